The molecule has 2 atom stereocenters. The Labute approximate surface area is 102 Å². The van der Waals surface area contributed by atoms with Crippen molar-refractivity contribution in [3.63, 3.8) is 0 Å². The van der Waals surface area contributed by atoms with Crippen LogP contribution in [0.3, 0.4) is 0 Å². The van der Waals surface area contributed by atoms with Crippen molar-refractivity contribution < 1.29 is 19.1 Å². The molecular weight excluding hydrogens is 222 g/mol. The highest BCUT2D eigenvalue weighted by Gasteiger charge is 2.32. The molecule has 5 nitrogen and oxygen atoms in total. The van der Waals surface area contributed by atoms with Crippen LogP contribution in [0, 0.1) is 5.92 Å². The number of ketones is 1. The number of alkyl carbamates (subject to hydrolysis) is 1. The van der Waals surface area contributed by atoms with Gasteiger partial charge in [-0.3, -0.25) is 4.79 Å². The molecule has 1 rings (SSSR count). The maximum Gasteiger partial charge on any atom is 0.407 e. The Morgan fingerprint density at radius 1 is 1.41 bits per heavy atom. The minimum atomic E-state index is -0.504. The molecular formula is C12H21NO4. The normalized spacial score (nSPS) is 24.5. The minimum absolute atomic E-state index is 0.0125. The van der Waals surface area contributed by atoms with Crippen LogP contribution < -0.4 is 5.32 Å². The molecule has 1 heterocycles. The molecule has 1 N–H and O–H groups in total. The third-order valence-corrected chi connectivity index (χ3v) is 2.52. The van der Waals surface area contributed by atoms with Crippen LogP contribution in [0.1, 0.15) is 34.1 Å². The molecule has 2 unspecified atom stereocenters. The standard InChI is InChI=1S/C12H21NO4/c1-8(14)10-9(5-6-16-10)7-13-11(15)17-12(2,3)4/h9-10H,5-7H2,1-4H3,(H,13,15). The van der Waals surface area contributed by atoms with Crippen LogP contribution >= 0.6 is 0 Å². The molecule has 1 amide bonds. The highest BCUT2D eigenvalue weighted by Crippen LogP contribution is 2.21. The van der Waals surface area contributed by atoms with Gasteiger partial charge < -0.3 is 14.8 Å². The number of rotatable bonds is 3. The van der Waals surface area contributed by atoms with Crippen molar-refractivity contribution in [3.05, 3.63) is 0 Å². The molecule has 98 valence electrons. The Hall–Kier alpha value is -1.10. The number of Topliss-reactive ketones (excluding diaryl/α,β-unsaturated/α-hetero) is 1. The lowest BCUT2D eigenvalue weighted by molar-refractivity contribution is -0.127. The number of hydrogen-bond acceptors (Lipinski definition) is 4. The quantitative estimate of drug-likeness (QED) is 0.816. The van der Waals surface area contributed by atoms with Crippen molar-refractivity contribution in [1.82, 2.24) is 5.32 Å². The van der Waals surface area contributed by atoms with Gasteiger partial charge in [0.1, 0.15) is 11.7 Å². The summed E-state index contributed by atoms with van der Waals surface area (Å²) in [5.74, 6) is 0.0681. The van der Waals surface area contributed by atoms with E-state index in [2.05, 4.69) is 5.32 Å². The molecule has 1 aliphatic rings. The molecule has 0 saturated carbocycles. The van der Waals surface area contributed by atoms with E-state index in [1.807, 2.05) is 20.8 Å². The van der Waals surface area contributed by atoms with Crippen molar-refractivity contribution >= 4 is 11.9 Å². The molecule has 17 heavy (non-hydrogen) atoms. The summed E-state index contributed by atoms with van der Waals surface area (Å²) in [7, 11) is 0. The molecule has 0 bridgehead atoms. The Bertz CT molecular complexity index is 295. The average molecular weight is 243 g/mol. The fraction of sp³-hybridized carbons (Fsp3) is 0.833. The van der Waals surface area contributed by atoms with Crippen LogP contribution in [0.2, 0.25) is 0 Å². The Balaban J connectivity index is 2.35. The lowest BCUT2D eigenvalue weighted by Gasteiger charge is -2.21. The molecule has 0 radical (unpaired) electrons. The second kappa shape index (κ2) is 5.49. The van der Waals surface area contributed by atoms with Gasteiger partial charge in [-0.05, 0) is 34.1 Å². The zero-order chi connectivity index (χ0) is 13.1. The topological polar surface area (TPSA) is 64.6 Å². The first-order valence-electron chi connectivity index (χ1n) is 5.88. The smallest absolute Gasteiger partial charge is 0.407 e. The predicted octanol–water partition coefficient (Wildman–Crippen LogP) is 1.51. The van der Waals surface area contributed by atoms with Crippen LogP contribution in [0.4, 0.5) is 4.79 Å². The second-order valence-corrected chi connectivity index (χ2v) is 5.33. The van der Waals surface area contributed by atoms with Crippen LogP contribution in [-0.2, 0) is 14.3 Å². The van der Waals surface area contributed by atoms with E-state index >= 15 is 0 Å². The minimum Gasteiger partial charge on any atom is -0.444 e. The highest BCUT2D eigenvalue weighted by atomic mass is 16.6. The number of ether oxygens (including phenoxy) is 2. The van der Waals surface area contributed by atoms with E-state index in [0.29, 0.717) is 13.2 Å². The predicted molar refractivity (Wildman–Crippen MR) is 62.8 cm³/mol. The zero-order valence-corrected chi connectivity index (χ0v) is 10.9. The fourth-order valence-corrected chi connectivity index (χ4v) is 1.82. The molecule has 0 spiro atoms. The van der Waals surface area contributed by atoms with Gasteiger partial charge in [-0.2, -0.15) is 0 Å². The van der Waals surface area contributed by atoms with E-state index in [0.717, 1.165) is 6.42 Å². The van der Waals surface area contributed by atoms with Gasteiger partial charge in [0.25, 0.3) is 0 Å². The maximum absolute atomic E-state index is 11.4. The largest absolute Gasteiger partial charge is 0.444 e. The monoisotopic (exact) mass is 243 g/mol. The summed E-state index contributed by atoms with van der Waals surface area (Å²) < 4.78 is 10.4. The highest BCUT2D eigenvalue weighted by molar-refractivity contribution is 5.81. The molecule has 0 aromatic heterocycles. The Kier molecular flexibility index (Phi) is 4.51. The molecule has 1 aliphatic heterocycles. The van der Waals surface area contributed by atoms with Gasteiger partial charge in [0.15, 0.2) is 5.78 Å². The molecule has 5 heteroatoms. The number of nitrogens with one attached hydrogen (secondary N) is 1. The number of amides is 1. The SMILES string of the molecule is CC(=O)C1OCCC1CNC(=O)OC(C)(C)C. The first-order valence-corrected chi connectivity index (χ1v) is 5.88. The molecule has 0 aromatic carbocycles. The molecule has 0 aliphatic carbocycles. The van der Waals surface area contributed by atoms with Crippen molar-refractivity contribution in [3.8, 4) is 0 Å². The fourth-order valence-electron chi connectivity index (χ4n) is 1.82. The first-order chi connectivity index (χ1) is 7.79. The summed E-state index contributed by atoms with van der Waals surface area (Å²) in [5, 5.41) is 2.67. The van der Waals surface area contributed by atoms with Gasteiger partial charge in [-0.25, -0.2) is 4.79 Å². The third-order valence-electron chi connectivity index (χ3n) is 2.52. The van der Waals surface area contributed by atoms with Crippen molar-refractivity contribution in [2.24, 2.45) is 5.92 Å². The van der Waals surface area contributed by atoms with Gasteiger partial charge in [0.05, 0.1) is 0 Å². The Morgan fingerprint density at radius 3 is 2.59 bits per heavy atom. The van der Waals surface area contributed by atoms with E-state index in [1.165, 1.54) is 6.92 Å². The second-order valence-electron chi connectivity index (χ2n) is 5.33. The zero-order valence-electron chi connectivity index (χ0n) is 10.9. The lowest BCUT2D eigenvalue weighted by atomic mass is 9.99. The number of carbonyl (C=O) groups is 2. The van der Waals surface area contributed by atoms with Crippen LogP contribution in [0.5, 0.6) is 0 Å². The summed E-state index contributed by atoms with van der Waals surface area (Å²) in [5.41, 5.74) is -0.504. The van der Waals surface area contributed by atoms with E-state index in [9.17, 15) is 9.59 Å². The number of hydrogen-bond donors (Lipinski definition) is 1. The lowest BCUT2D eigenvalue weighted by Crippen LogP contribution is -2.38. The summed E-state index contributed by atoms with van der Waals surface area (Å²) >= 11 is 0. The maximum atomic E-state index is 11.4. The van der Waals surface area contributed by atoms with Crippen molar-refractivity contribution in [2.45, 2.75) is 45.8 Å². The molecule has 1 saturated heterocycles. The van der Waals surface area contributed by atoms with Crippen LogP contribution in [-0.4, -0.2) is 36.7 Å². The Morgan fingerprint density at radius 2 is 2.06 bits per heavy atom. The van der Waals surface area contributed by atoms with Crippen molar-refractivity contribution in [1.29, 1.82) is 0 Å². The summed E-state index contributed by atoms with van der Waals surface area (Å²) in [4.78, 5) is 22.7. The van der Waals surface area contributed by atoms with Crippen LogP contribution in [0.25, 0.3) is 0 Å². The van der Waals surface area contributed by atoms with Gasteiger partial charge in [0, 0.05) is 19.1 Å². The van der Waals surface area contributed by atoms with Gasteiger partial charge >= 0.3 is 6.09 Å². The molecule has 1 fully saturated rings. The van der Waals surface area contributed by atoms with E-state index in [-0.39, 0.29) is 17.8 Å². The van der Waals surface area contributed by atoms with Crippen molar-refractivity contribution in [2.75, 3.05) is 13.2 Å². The van der Waals surface area contributed by atoms with Crippen LogP contribution in [0.15, 0.2) is 0 Å². The third kappa shape index (κ3) is 4.73. The summed E-state index contributed by atoms with van der Waals surface area (Å²) in [6.45, 7) is 7.93. The summed E-state index contributed by atoms with van der Waals surface area (Å²) in [6, 6.07) is 0. The van der Waals surface area contributed by atoms with Gasteiger partial charge in [-0.15, -0.1) is 0 Å². The number of carbonyl (C=O) groups excluding carboxylic acids is 2. The van der Waals surface area contributed by atoms with E-state index < -0.39 is 11.7 Å². The average Bonchev–Trinajstić information content (AvgIpc) is 2.59. The van der Waals surface area contributed by atoms with Gasteiger partial charge in [-0.1, -0.05) is 0 Å². The van der Waals surface area contributed by atoms with E-state index in [4.69, 9.17) is 9.47 Å². The van der Waals surface area contributed by atoms with Gasteiger partial charge in [0.2, 0.25) is 0 Å². The summed E-state index contributed by atoms with van der Waals surface area (Å²) in [6.07, 6.45) is -0.0447. The van der Waals surface area contributed by atoms with E-state index in [1.54, 1.807) is 0 Å². The first kappa shape index (κ1) is 14.0. The molecule has 0 aromatic rings.